The van der Waals surface area contributed by atoms with Gasteiger partial charge in [0, 0.05) is 36.6 Å². The first kappa shape index (κ1) is 20.6. The number of pyridine rings is 1. The number of anilines is 1. The molecule has 2 saturated heterocycles. The fourth-order valence-corrected chi connectivity index (χ4v) is 5.05. The fraction of sp³-hybridized carbons (Fsp3) is 0.455. The Kier molecular flexibility index (Phi) is 4.98. The van der Waals surface area contributed by atoms with Gasteiger partial charge < -0.3 is 9.80 Å². The first-order chi connectivity index (χ1) is 14.1. The molecule has 2 atom stereocenters. The molecule has 2 aliphatic heterocycles. The highest BCUT2D eigenvalue weighted by molar-refractivity contribution is 5.95. The monoisotopic (exact) mass is 421 g/mol. The van der Waals surface area contributed by atoms with E-state index in [0.717, 1.165) is 18.3 Å². The van der Waals surface area contributed by atoms with Crippen LogP contribution in [0.3, 0.4) is 0 Å². The number of carbonyl (C=O) groups excluding carboxylic acids is 1. The summed E-state index contributed by atoms with van der Waals surface area (Å²) in [7, 11) is 0. The van der Waals surface area contributed by atoms with Crippen LogP contribution in [0.5, 0.6) is 0 Å². The van der Waals surface area contributed by atoms with Gasteiger partial charge in [-0.1, -0.05) is 0 Å². The minimum absolute atomic E-state index is 0.119. The Morgan fingerprint density at radius 3 is 2.53 bits per heavy atom. The van der Waals surface area contributed by atoms with Gasteiger partial charge in [0.25, 0.3) is 5.91 Å². The van der Waals surface area contributed by atoms with Crippen LogP contribution in [0.15, 0.2) is 42.6 Å². The highest BCUT2D eigenvalue weighted by Crippen LogP contribution is 2.45. The first-order valence-electron chi connectivity index (χ1n) is 9.94. The Labute approximate surface area is 172 Å². The third kappa shape index (κ3) is 3.63. The molecule has 0 bridgehead atoms. The van der Waals surface area contributed by atoms with Gasteiger partial charge in [-0.2, -0.15) is 13.2 Å². The molecule has 3 heterocycles. The van der Waals surface area contributed by atoms with Crippen molar-refractivity contribution in [3.63, 3.8) is 0 Å². The molecule has 0 radical (unpaired) electrons. The lowest BCUT2D eigenvalue weighted by atomic mass is 9.89. The van der Waals surface area contributed by atoms with Crippen molar-refractivity contribution in [3.05, 3.63) is 59.7 Å². The number of carbonyl (C=O) groups is 1. The average Bonchev–Trinajstić information content (AvgIpc) is 2.96. The summed E-state index contributed by atoms with van der Waals surface area (Å²) in [4.78, 5) is 20.1. The maximum absolute atomic E-state index is 13.4. The number of fused-ring (bicyclic) bond motifs is 1. The number of aromatic nitrogens is 1. The molecule has 1 amide bonds. The number of halogens is 4. The van der Waals surface area contributed by atoms with E-state index in [1.165, 1.54) is 29.2 Å². The summed E-state index contributed by atoms with van der Waals surface area (Å²) in [6, 6.07) is 9.05. The van der Waals surface area contributed by atoms with Crippen LogP contribution in [0.1, 0.15) is 42.7 Å². The molecule has 2 aliphatic rings. The Morgan fingerprint density at radius 2 is 1.87 bits per heavy atom. The van der Waals surface area contributed by atoms with E-state index >= 15 is 0 Å². The van der Waals surface area contributed by atoms with Crippen molar-refractivity contribution < 1.29 is 22.4 Å². The van der Waals surface area contributed by atoms with Crippen LogP contribution in [0, 0.1) is 11.7 Å². The Morgan fingerprint density at radius 1 is 1.17 bits per heavy atom. The number of rotatable bonds is 2. The van der Waals surface area contributed by atoms with Crippen molar-refractivity contribution in [1.29, 1.82) is 0 Å². The minimum Gasteiger partial charge on any atom is -0.363 e. The third-order valence-corrected chi connectivity index (χ3v) is 6.14. The molecule has 2 aromatic rings. The van der Waals surface area contributed by atoms with Crippen molar-refractivity contribution in [2.75, 3.05) is 18.0 Å². The SMILES string of the molecule is CC1(C)C[C@@H]2CN(C(=O)c3cccnc3C(F)(F)F)CC[C@@H]2N1c1ccc(F)cc1. The number of amides is 1. The molecule has 1 aromatic carbocycles. The second-order valence-electron chi connectivity index (χ2n) is 8.63. The quantitative estimate of drug-likeness (QED) is 0.656. The van der Waals surface area contributed by atoms with E-state index in [-0.39, 0.29) is 23.3 Å². The van der Waals surface area contributed by atoms with Gasteiger partial charge in [0.2, 0.25) is 0 Å². The number of likely N-dealkylation sites (tertiary alicyclic amines) is 1. The van der Waals surface area contributed by atoms with Crippen LogP contribution >= 0.6 is 0 Å². The molecule has 1 aromatic heterocycles. The van der Waals surface area contributed by atoms with Crippen molar-refractivity contribution in [2.24, 2.45) is 5.92 Å². The molecular formula is C22H23F4N3O. The number of alkyl halides is 3. The number of benzene rings is 1. The van der Waals surface area contributed by atoms with Gasteiger partial charge in [0.15, 0.2) is 5.69 Å². The van der Waals surface area contributed by atoms with Gasteiger partial charge in [-0.25, -0.2) is 4.39 Å². The van der Waals surface area contributed by atoms with E-state index in [0.29, 0.717) is 19.5 Å². The lowest BCUT2D eigenvalue weighted by Gasteiger charge is -2.42. The zero-order valence-corrected chi connectivity index (χ0v) is 16.8. The summed E-state index contributed by atoms with van der Waals surface area (Å²) in [5, 5.41) is 0. The minimum atomic E-state index is -4.68. The molecular weight excluding hydrogens is 398 g/mol. The molecule has 0 aliphatic carbocycles. The smallest absolute Gasteiger partial charge is 0.363 e. The van der Waals surface area contributed by atoms with Crippen LogP contribution in [-0.4, -0.2) is 40.5 Å². The van der Waals surface area contributed by atoms with Crippen LogP contribution < -0.4 is 4.90 Å². The molecule has 0 unspecified atom stereocenters. The van der Waals surface area contributed by atoms with Crippen LogP contribution in [0.4, 0.5) is 23.2 Å². The van der Waals surface area contributed by atoms with E-state index in [1.54, 1.807) is 12.1 Å². The molecule has 8 heteroatoms. The predicted molar refractivity (Wildman–Crippen MR) is 105 cm³/mol. The van der Waals surface area contributed by atoms with Crippen LogP contribution in [0.2, 0.25) is 0 Å². The van der Waals surface area contributed by atoms with Crippen molar-refractivity contribution in [3.8, 4) is 0 Å². The molecule has 0 spiro atoms. The highest BCUT2D eigenvalue weighted by atomic mass is 19.4. The van der Waals surface area contributed by atoms with E-state index in [2.05, 4.69) is 23.7 Å². The maximum Gasteiger partial charge on any atom is 0.434 e. The second-order valence-corrected chi connectivity index (χ2v) is 8.63. The summed E-state index contributed by atoms with van der Waals surface area (Å²) in [6.45, 7) is 4.95. The fourth-order valence-electron chi connectivity index (χ4n) is 5.05. The van der Waals surface area contributed by atoms with E-state index in [9.17, 15) is 22.4 Å². The van der Waals surface area contributed by atoms with Gasteiger partial charge in [0.05, 0.1) is 5.56 Å². The lowest BCUT2D eigenvalue weighted by Crippen LogP contribution is -2.50. The molecule has 30 heavy (non-hydrogen) atoms. The second kappa shape index (κ2) is 7.25. The summed E-state index contributed by atoms with van der Waals surface area (Å²) >= 11 is 0. The Balaban J connectivity index is 1.57. The molecule has 0 saturated carbocycles. The maximum atomic E-state index is 13.4. The van der Waals surface area contributed by atoms with Gasteiger partial charge in [-0.3, -0.25) is 9.78 Å². The van der Waals surface area contributed by atoms with Gasteiger partial charge in [-0.05, 0) is 69.0 Å². The summed E-state index contributed by atoms with van der Waals surface area (Å²) in [6.07, 6.45) is -2.21. The van der Waals surface area contributed by atoms with Gasteiger partial charge in [-0.15, -0.1) is 0 Å². The van der Waals surface area contributed by atoms with Gasteiger partial charge >= 0.3 is 6.18 Å². The predicted octanol–water partition coefficient (Wildman–Crippen LogP) is 4.76. The largest absolute Gasteiger partial charge is 0.434 e. The summed E-state index contributed by atoms with van der Waals surface area (Å²) in [5.41, 5.74) is -0.842. The average molecular weight is 421 g/mol. The van der Waals surface area contributed by atoms with Gasteiger partial charge in [0.1, 0.15) is 5.82 Å². The Hall–Kier alpha value is -2.64. The van der Waals surface area contributed by atoms with Crippen LogP contribution in [0.25, 0.3) is 0 Å². The molecule has 2 fully saturated rings. The summed E-state index contributed by atoms with van der Waals surface area (Å²) in [5.74, 6) is -0.815. The molecule has 0 N–H and O–H groups in total. The zero-order valence-electron chi connectivity index (χ0n) is 16.8. The van der Waals surface area contributed by atoms with Crippen molar-refractivity contribution in [1.82, 2.24) is 9.88 Å². The molecule has 160 valence electrons. The van der Waals surface area contributed by atoms with E-state index in [1.807, 2.05) is 0 Å². The first-order valence-corrected chi connectivity index (χ1v) is 9.94. The zero-order chi connectivity index (χ0) is 21.7. The lowest BCUT2D eigenvalue weighted by molar-refractivity contribution is -0.141. The highest BCUT2D eigenvalue weighted by Gasteiger charge is 2.49. The normalized spacial score (nSPS) is 23.4. The summed E-state index contributed by atoms with van der Waals surface area (Å²) < 4.78 is 53.2. The number of hydrogen-bond donors (Lipinski definition) is 0. The topological polar surface area (TPSA) is 36.4 Å². The molecule has 4 rings (SSSR count). The van der Waals surface area contributed by atoms with Crippen LogP contribution in [-0.2, 0) is 6.18 Å². The number of hydrogen-bond acceptors (Lipinski definition) is 3. The standard InChI is InChI=1S/C22H23F4N3O/c1-21(2)12-14-13-28(20(30)17-4-3-10-27-19(17)22(24,25)26)11-9-18(14)29(21)16-7-5-15(23)6-8-16/h3-8,10,14,18H,9,11-13H2,1-2H3/t14-,18+/m1/s1. The number of nitrogens with zero attached hydrogens (tertiary/aromatic N) is 3. The van der Waals surface area contributed by atoms with E-state index in [4.69, 9.17) is 0 Å². The molecule has 4 nitrogen and oxygen atoms in total. The van der Waals surface area contributed by atoms with E-state index < -0.39 is 23.3 Å². The number of piperidine rings is 1. The van der Waals surface area contributed by atoms with Crippen molar-refractivity contribution in [2.45, 2.75) is 44.4 Å². The third-order valence-electron chi connectivity index (χ3n) is 6.14. The van der Waals surface area contributed by atoms with Crippen molar-refractivity contribution >= 4 is 11.6 Å². The Bertz CT molecular complexity index is 942.